The van der Waals surface area contributed by atoms with Gasteiger partial charge < -0.3 is 5.32 Å². The van der Waals surface area contributed by atoms with E-state index in [9.17, 15) is 9.18 Å². The maximum Gasteiger partial charge on any atom is 0.274 e. The van der Waals surface area contributed by atoms with Crippen LogP contribution in [-0.4, -0.2) is 10.9 Å². The molecule has 1 amide bonds. The lowest BCUT2D eigenvalue weighted by atomic mass is 10.1. The number of amides is 1. The second-order valence-corrected chi connectivity index (χ2v) is 4.33. The number of anilines is 1. The summed E-state index contributed by atoms with van der Waals surface area (Å²) in [6.07, 6.45) is 0. The first-order chi connectivity index (χ1) is 9.74. The molecule has 0 unspecified atom stereocenters. The number of fused-ring (bicyclic) bond motifs is 1. The maximum atomic E-state index is 13.0. The summed E-state index contributed by atoms with van der Waals surface area (Å²) >= 11 is 0. The van der Waals surface area contributed by atoms with Gasteiger partial charge in [0.25, 0.3) is 5.91 Å². The second kappa shape index (κ2) is 5.09. The van der Waals surface area contributed by atoms with Gasteiger partial charge in [-0.05, 0) is 23.6 Å². The predicted octanol–water partition coefficient (Wildman–Crippen LogP) is 3.63. The summed E-state index contributed by atoms with van der Waals surface area (Å²) in [7, 11) is 0. The van der Waals surface area contributed by atoms with Crippen LogP contribution in [0.2, 0.25) is 0 Å². The SMILES string of the molecule is O=C(Nc1cccc2ccccc12)c1cccc(F)n1. The van der Waals surface area contributed by atoms with E-state index in [2.05, 4.69) is 10.3 Å². The van der Waals surface area contributed by atoms with Crippen LogP contribution in [0, 0.1) is 5.95 Å². The summed E-state index contributed by atoms with van der Waals surface area (Å²) < 4.78 is 13.0. The molecular formula is C16H11FN2O. The summed E-state index contributed by atoms with van der Waals surface area (Å²) in [5, 5.41) is 4.72. The van der Waals surface area contributed by atoms with Gasteiger partial charge in [-0.2, -0.15) is 4.39 Å². The highest BCUT2D eigenvalue weighted by atomic mass is 19.1. The molecule has 0 saturated heterocycles. The van der Waals surface area contributed by atoms with Gasteiger partial charge in [-0.3, -0.25) is 4.79 Å². The highest BCUT2D eigenvalue weighted by Crippen LogP contribution is 2.23. The van der Waals surface area contributed by atoms with Crippen molar-refractivity contribution in [2.24, 2.45) is 0 Å². The molecule has 0 aliphatic heterocycles. The molecule has 0 saturated carbocycles. The van der Waals surface area contributed by atoms with E-state index in [-0.39, 0.29) is 5.69 Å². The predicted molar refractivity (Wildman–Crippen MR) is 76.1 cm³/mol. The standard InChI is InChI=1S/C16H11FN2O/c17-15-10-4-9-14(18-15)16(20)19-13-8-3-6-11-5-1-2-7-12(11)13/h1-10H,(H,19,20). The van der Waals surface area contributed by atoms with E-state index >= 15 is 0 Å². The van der Waals surface area contributed by atoms with E-state index in [4.69, 9.17) is 0 Å². The van der Waals surface area contributed by atoms with Crippen molar-refractivity contribution >= 4 is 22.4 Å². The number of rotatable bonds is 2. The minimum atomic E-state index is -0.671. The normalized spacial score (nSPS) is 10.4. The topological polar surface area (TPSA) is 42.0 Å². The molecule has 1 aromatic heterocycles. The minimum absolute atomic E-state index is 0.0536. The van der Waals surface area contributed by atoms with E-state index in [0.29, 0.717) is 5.69 Å². The molecule has 3 aromatic rings. The smallest absolute Gasteiger partial charge is 0.274 e. The molecule has 0 aliphatic rings. The first kappa shape index (κ1) is 12.3. The zero-order valence-corrected chi connectivity index (χ0v) is 10.5. The molecule has 20 heavy (non-hydrogen) atoms. The van der Waals surface area contributed by atoms with Gasteiger partial charge in [-0.25, -0.2) is 4.98 Å². The summed E-state index contributed by atoms with van der Waals surface area (Å²) in [4.78, 5) is 15.6. The minimum Gasteiger partial charge on any atom is -0.320 e. The van der Waals surface area contributed by atoms with Crippen LogP contribution in [0.3, 0.4) is 0 Å². The Balaban J connectivity index is 1.95. The van der Waals surface area contributed by atoms with Gasteiger partial charge in [0.15, 0.2) is 0 Å². The first-order valence-corrected chi connectivity index (χ1v) is 6.16. The number of nitrogens with zero attached hydrogens (tertiary/aromatic N) is 1. The van der Waals surface area contributed by atoms with Crippen molar-refractivity contribution < 1.29 is 9.18 Å². The third-order valence-electron chi connectivity index (χ3n) is 2.99. The van der Waals surface area contributed by atoms with Crippen molar-refractivity contribution in [1.82, 2.24) is 4.98 Å². The molecule has 0 fully saturated rings. The summed E-state index contributed by atoms with van der Waals surface area (Å²) in [5.74, 6) is -1.10. The van der Waals surface area contributed by atoms with E-state index in [1.807, 2.05) is 36.4 Å². The largest absolute Gasteiger partial charge is 0.320 e. The summed E-state index contributed by atoms with van der Waals surface area (Å²) in [6.45, 7) is 0. The Morgan fingerprint density at radius 2 is 1.70 bits per heavy atom. The lowest BCUT2D eigenvalue weighted by Crippen LogP contribution is -2.14. The molecule has 3 rings (SSSR count). The van der Waals surface area contributed by atoms with Gasteiger partial charge >= 0.3 is 0 Å². The number of aromatic nitrogens is 1. The lowest BCUT2D eigenvalue weighted by Gasteiger charge is -2.08. The van der Waals surface area contributed by atoms with Crippen molar-refractivity contribution in [3.63, 3.8) is 0 Å². The van der Waals surface area contributed by atoms with Gasteiger partial charge in [0.2, 0.25) is 5.95 Å². The highest BCUT2D eigenvalue weighted by Gasteiger charge is 2.10. The molecule has 3 nitrogen and oxygen atoms in total. The van der Waals surface area contributed by atoms with Crippen molar-refractivity contribution in [2.45, 2.75) is 0 Å². The molecule has 1 N–H and O–H groups in total. The molecular weight excluding hydrogens is 255 g/mol. The Morgan fingerprint density at radius 1 is 0.950 bits per heavy atom. The number of pyridine rings is 1. The second-order valence-electron chi connectivity index (χ2n) is 4.33. The van der Waals surface area contributed by atoms with Crippen LogP contribution in [-0.2, 0) is 0 Å². The van der Waals surface area contributed by atoms with Crippen LogP contribution < -0.4 is 5.32 Å². The third kappa shape index (κ3) is 2.36. The van der Waals surface area contributed by atoms with Crippen molar-refractivity contribution in [3.05, 3.63) is 72.3 Å². The molecule has 2 aromatic carbocycles. The molecule has 0 bridgehead atoms. The van der Waals surface area contributed by atoms with Gasteiger partial charge in [-0.15, -0.1) is 0 Å². The van der Waals surface area contributed by atoms with E-state index in [1.165, 1.54) is 18.2 Å². The van der Waals surface area contributed by atoms with E-state index < -0.39 is 11.9 Å². The Morgan fingerprint density at radius 3 is 2.55 bits per heavy atom. The van der Waals surface area contributed by atoms with Crippen LogP contribution in [0.5, 0.6) is 0 Å². The average molecular weight is 266 g/mol. The highest BCUT2D eigenvalue weighted by molar-refractivity contribution is 6.08. The molecule has 0 atom stereocenters. The maximum absolute atomic E-state index is 13.0. The summed E-state index contributed by atoms with van der Waals surface area (Å²) in [5.41, 5.74) is 0.733. The van der Waals surface area contributed by atoms with Gasteiger partial charge in [0.1, 0.15) is 5.69 Å². The van der Waals surface area contributed by atoms with Gasteiger partial charge in [0, 0.05) is 11.1 Å². The molecule has 1 heterocycles. The Labute approximate surface area is 115 Å². The van der Waals surface area contributed by atoms with Crippen LogP contribution in [0.4, 0.5) is 10.1 Å². The first-order valence-electron chi connectivity index (χ1n) is 6.16. The number of hydrogen-bond donors (Lipinski definition) is 1. The average Bonchev–Trinajstić information content (AvgIpc) is 2.47. The van der Waals surface area contributed by atoms with E-state index in [0.717, 1.165) is 10.8 Å². The number of hydrogen-bond acceptors (Lipinski definition) is 2. The zero-order chi connectivity index (χ0) is 13.9. The summed E-state index contributed by atoms with van der Waals surface area (Å²) in [6, 6.07) is 17.5. The monoisotopic (exact) mass is 266 g/mol. The van der Waals surface area contributed by atoms with Crippen molar-refractivity contribution in [3.8, 4) is 0 Å². The zero-order valence-electron chi connectivity index (χ0n) is 10.5. The third-order valence-corrected chi connectivity index (χ3v) is 2.99. The molecule has 4 heteroatoms. The molecule has 0 aliphatic carbocycles. The number of benzene rings is 2. The van der Waals surface area contributed by atoms with Crippen LogP contribution in [0.25, 0.3) is 10.8 Å². The van der Waals surface area contributed by atoms with Crippen molar-refractivity contribution in [2.75, 3.05) is 5.32 Å². The number of nitrogens with one attached hydrogen (secondary N) is 1. The Hall–Kier alpha value is -2.75. The fraction of sp³-hybridized carbons (Fsp3) is 0. The van der Waals surface area contributed by atoms with Crippen LogP contribution in [0.1, 0.15) is 10.5 Å². The number of halogens is 1. The van der Waals surface area contributed by atoms with Gasteiger partial charge in [0.05, 0.1) is 0 Å². The van der Waals surface area contributed by atoms with Crippen LogP contribution in [0.15, 0.2) is 60.7 Å². The molecule has 98 valence electrons. The molecule has 0 radical (unpaired) electrons. The fourth-order valence-corrected chi connectivity index (χ4v) is 2.06. The van der Waals surface area contributed by atoms with E-state index in [1.54, 1.807) is 6.07 Å². The van der Waals surface area contributed by atoms with Crippen LogP contribution >= 0.6 is 0 Å². The van der Waals surface area contributed by atoms with Gasteiger partial charge in [-0.1, -0.05) is 42.5 Å². The Kier molecular flexibility index (Phi) is 3.13. The lowest BCUT2D eigenvalue weighted by molar-refractivity contribution is 0.102. The number of carbonyl (C=O) groups excluding carboxylic acids is 1. The Bertz CT molecular complexity index is 781. The number of carbonyl (C=O) groups is 1. The quantitative estimate of drug-likeness (QED) is 0.720. The fourth-order valence-electron chi connectivity index (χ4n) is 2.06. The van der Waals surface area contributed by atoms with Crippen molar-refractivity contribution in [1.29, 1.82) is 0 Å². The molecule has 0 spiro atoms.